The highest BCUT2D eigenvalue weighted by Gasteiger charge is 2.18. The van der Waals surface area contributed by atoms with E-state index >= 15 is 0 Å². The lowest BCUT2D eigenvalue weighted by Gasteiger charge is -2.20. The van der Waals surface area contributed by atoms with Gasteiger partial charge < -0.3 is 5.32 Å². The Morgan fingerprint density at radius 2 is 2.00 bits per heavy atom. The van der Waals surface area contributed by atoms with E-state index < -0.39 is 0 Å². The molecule has 1 aromatic carbocycles. The first-order chi connectivity index (χ1) is 9.61. The molecule has 0 saturated heterocycles. The normalized spacial score (nSPS) is 12.6. The van der Waals surface area contributed by atoms with Crippen LogP contribution in [-0.2, 0) is 13.5 Å². The van der Waals surface area contributed by atoms with Crippen molar-refractivity contribution < 1.29 is 0 Å². The number of rotatable bonds is 6. The van der Waals surface area contributed by atoms with E-state index in [0.29, 0.717) is 0 Å². The monoisotopic (exact) mass is 335 g/mol. The van der Waals surface area contributed by atoms with Gasteiger partial charge in [-0.05, 0) is 47.8 Å². The molecule has 20 heavy (non-hydrogen) atoms. The fourth-order valence-electron chi connectivity index (χ4n) is 2.36. The van der Waals surface area contributed by atoms with Gasteiger partial charge in [-0.25, -0.2) is 0 Å². The third-order valence-corrected chi connectivity index (χ3v) is 4.08. The molecule has 1 atom stereocenters. The van der Waals surface area contributed by atoms with Crippen LogP contribution in [0, 0.1) is 6.92 Å². The summed E-state index contributed by atoms with van der Waals surface area (Å²) in [4.78, 5) is 0. The van der Waals surface area contributed by atoms with Crippen molar-refractivity contribution in [3.63, 3.8) is 0 Å². The molecule has 108 valence electrons. The third-order valence-electron chi connectivity index (χ3n) is 3.47. The number of nitrogens with zero attached hydrogens (tertiary/aromatic N) is 2. The second-order valence-corrected chi connectivity index (χ2v) is 6.05. The molecule has 2 aromatic rings. The molecule has 0 spiro atoms. The first-order valence-electron chi connectivity index (χ1n) is 7.08. The van der Waals surface area contributed by atoms with Crippen LogP contribution in [0.4, 0.5) is 0 Å². The molecular formula is C16H22BrN3. The Hall–Kier alpha value is -1.13. The van der Waals surface area contributed by atoms with Crippen LogP contribution in [0.1, 0.15) is 36.2 Å². The minimum Gasteiger partial charge on any atom is -0.308 e. The van der Waals surface area contributed by atoms with E-state index in [9.17, 15) is 0 Å². The van der Waals surface area contributed by atoms with E-state index in [-0.39, 0.29) is 6.04 Å². The average Bonchev–Trinajstić information content (AvgIpc) is 2.77. The predicted octanol–water partition coefficient (Wildman–Crippen LogP) is 3.77. The van der Waals surface area contributed by atoms with Crippen molar-refractivity contribution in [2.75, 3.05) is 6.54 Å². The largest absolute Gasteiger partial charge is 0.308 e. The van der Waals surface area contributed by atoms with Gasteiger partial charge in [0.2, 0.25) is 0 Å². The number of nitrogens with one attached hydrogen (secondary N) is 1. The Labute approximate surface area is 129 Å². The zero-order chi connectivity index (χ0) is 14.5. The van der Waals surface area contributed by atoms with Gasteiger partial charge in [0.25, 0.3) is 0 Å². The van der Waals surface area contributed by atoms with Crippen LogP contribution >= 0.6 is 15.9 Å². The summed E-state index contributed by atoms with van der Waals surface area (Å²) in [5.41, 5.74) is 3.85. The molecule has 0 aliphatic carbocycles. The summed E-state index contributed by atoms with van der Waals surface area (Å²) in [5, 5.41) is 7.96. The highest BCUT2D eigenvalue weighted by Crippen LogP contribution is 2.25. The van der Waals surface area contributed by atoms with Gasteiger partial charge in [-0.15, -0.1) is 0 Å². The molecule has 0 fully saturated rings. The molecule has 0 bridgehead atoms. The second kappa shape index (κ2) is 7.04. The van der Waals surface area contributed by atoms with Crippen LogP contribution < -0.4 is 5.32 Å². The summed E-state index contributed by atoms with van der Waals surface area (Å²) in [5.74, 6) is 0. The average molecular weight is 336 g/mol. The number of aryl methyl sites for hydroxylation is 2. The lowest BCUT2D eigenvalue weighted by Crippen LogP contribution is -2.26. The minimum atomic E-state index is 0.277. The zero-order valence-corrected chi connectivity index (χ0v) is 13.9. The molecule has 4 heteroatoms. The summed E-state index contributed by atoms with van der Waals surface area (Å²) in [6.07, 6.45) is 3.96. The first-order valence-corrected chi connectivity index (χ1v) is 7.87. The molecule has 0 aliphatic heterocycles. The summed E-state index contributed by atoms with van der Waals surface area (Å²) >= 11 is 3.61. The lowest BCUT2D eigenvalue weighted by atomic mass is 10.0. The number of aromatic nitrogens is 2. The van der Waals surface area contributed by atoms with E-state index in [2.05, 4.69) is 64.5 Å². The van der Waals surface area contributed by atoms with Crippen molar-refractivity contribution in [1.82, 2.24) is 15.1 Å². The van der Waals surface area contributed by atoms with Gasteiger partial charge in [-0.3, -0.25) is 4.68 Å². The molecule has 0 saturated carbocycles. The van der Waals surface area contributed by atoms with Crippen LogP contribution in [0.25, 0.3) is 0 Å². The number of halogens is 1. The highest BCUT2D eigenvalue weighted by molar-refractivity contribution is 9.10. The Kier molecular flexibility index (Phi) is 5.38. The molecule has 1 aromatic heterocycles. The highest BCUT2D eigenvalue weighted by atomic mass is 79.9. The fourth-order valence-corrected chi connectivity index (χ4v) is 2.98. The molecule has 1 unspecified atom stereocenters. The van der Waals surface area contributed by atoms with Crippen molar-refractivity contribution in [2.24, 2.45) is 7.05 Å². The maximum Gasteiger partial charge on any atom is 0.0695 e. The summed E-state index contributed by atoms with van der Waals surface area (Å²) in [6, 6.07) is 9.04. The van der Waals surface area contributed by atoms with Crippen molar-refractivity contribution in [3.8, 4) is 0 Å². The van der Waals surface area contributed by atoms with E-state index in [1.165, 1.54) is 16.8 Å². The van der Waals surface area contributed by atoms with Gasteiger partial charge in [0.15, 0.2) is 0 Å². The molecule has 0 aliphatic rings. The summed E-state index contributed by atoms with van der Waals surface area (Å²) < 4.78 is 3.02. The molecule has 1 N–H and O–H groups in total. The SMILES string of the molecule is CCCNC(Cc1ccc(C)cc1)c1c(Br)cnn1C. The van der Waals surface area contributed by atoms with Crippen LogP contribution in [0.5, 0.6) is 0 Å². The maximum absolute atomic E-state index is 4.33. The summed E-state index contributed by atoms with van der Waals surface area (Å²) in [6.45, 7) is 5.32. The van der Waals surface area contributed by atoms with E-state index in [4.69, 9.17) is 0 Å². The molecule has 0 radical (unpaired) electrons. The standard InChI is InChI=1S/C16H22BrN3/c1-4-9-18-15(16-14(17)11-19-20(16)3)10-13-7-5-12(2)6-8-13/h5-8,11,15,18H,4,9-10H2,1-3H3. The van der Waals surface area contributed by atoms with E-state index in [1.807, 2.05) is 17.9 Å². The lowest BCUT2D eigenvalue weighted by molar-refractivity contribution is 0.492. The van der Waals surface area contributed by atoms with Gasteiger partial charge in [0, 0.05) is 7.05 Å². The van der Waals surface area contributed by atoms with Gasteiger partial charge in [0.1, 0.15) is 0 Å². The predicted molar refractivity (Wildman–Crippen MR) is 86.8 cm³/mol. The fraction of sp³-hybridized carbons (Fsp3) is 0.438. The smallest absolute Gasteiger partial charge is 0.0695 e. The number of hydrogen-bond acceptors (Lipinski definition) is 2. The van der Waals surface area contributed by atoms with Crippen LogP contribution in [0.2, 0.25) is 0 Å². The Morgan fingerprint density at radius 1 is 1.30 bits per heavy atom. The van der Waals surface area contributed by atoms with Crippen molar-refractivity contribution in [3.05, 3.63) is 51.8 Å². The van der Waals surface area contributed by atoms with Crippen molar-refractivity contribution in [2.45, 2.75) is 32.7 Å². The van der Waals surface area contributed by atoms with Gasteiger partial charge in [-0.1, -0.05) is 36.8 Å². The first kappa shape index (κ1) is 15.3. The molecule has 3 nitrogen and oxygen atoms in total. The quantitative estimate of drug-likeness (QED) is 0.870. The number of hydrogen-bond donors (Lipinski definition) is 1. The second-order valence-electron chi connectivity index (χ2n) is 5.20. The van der Waals surface area contributed by atoms with Crippen molar-refractivity contribution in [1.29, 1.82) is 0 Å². The molecule has 2 rings (SSSR count). The Bertz CT molecular complexity index is 526. The zero-order valence-electron chi connectivity index (χ0n) is 12.4. The Morgan fingerprint density at radius 3 is 2.55 bits per heavy atom. The number of benzene rings is 1. The van der Waals surface area contributed by atoms with Gasteiger partial charge in [-0.2, -0.15) is 5.10 Å². The molecular weight excluding hydrogens is 314 g/mol. The van der Waals surface area contributed by atoms with E-state index in [1.54, 1.807) is 0 Å². The van der Waals surface area contributed by atoms with E-state index in [0.717, 1.165) is 23.9 Å². The van der Waals surface area contributed by atoms with Crippen molar-refractivity contribution >= 4 is 15.9 Å². The topological polar surface area (TPSA) is 29.9 Å². The van der Waals surface area contributed by atoms with Gasteiger partial charge in [0.05, 0.1) is 22.4 Å². The molecule has 0 amide bonds. The van der Waals surface area contributed by atoms with Gasteiger partial charge >= 0.3 is 0 Å². The van der Waals surface area contributed by atoms with Crippen LogP contribution in [0.15, 0.2) is 34.9 Å². The van der Waals surface area contributed by atoms with Crippen LogP contribution in [0.3, 0.4) is 0 Å². The maximum atomic E-state index is 4.33. The van der Waals surface area contributed by atoms with Crippen LogP contribution in [-0.4, -0.2) is 16.3 Å². The Balaban J connectivity index is 2.21. The molecule has 1 heterocycles. The minimum absolute atomic E-state index is 0.277. The summed E-state index contributed by atoms with van der Waals surface area (Å²) in [7, 11) is 2.00. The third kappa shape index (κ3) is 3.70.